The predicted molar refractivity (Wildman–Crippen MR) is 298 cm³/mol. The van der Waals surface area contributed by atoms with Crippen LogP contribution < -0.4 is 0 Å². The highest BCUT2D eigenvalue weighted by Crippen LogP contribution is 2.16. The summed E-state index contributed by atoms with van der Waals surface area (Å²) in [5.41, 5.74) is 0. The number of carbonyl (C=O) groups is 3. The maximum absolute atomic E-state index is 12.9. The molecule has 0 heterocycles. The van der Waals surface area contributed by atoms with Gasteiger partial charge in [-0.1, -0.05) is 243 Å². The standard InChI is InChI=1S/C63H114O6/c1-4-7-10-13-16-19-22-25-28-30-31-33-35-38-41-44-47-50-53-56-62(65)68-59-60(58-67-61(64)55-52-49-46-43-40-37-34-27-24-21-18-15-12-9-6-3)69-63(66)57-54-51-48-45-42-39-36-32-29-26-23-20-17-14-11-8-5-2/h16,19,25-29,34,60H,4-15,17-18,20-24,30-33,35-59H2,1-3H3/b19-16-,28-25-,29-26-,34-27-. The zero-order chi connectivity index (χ0) is 50.0. The molecule has 0 saturated carbocycles. The molecule has 0 aliphatic carbocycles. The van der Waals surface area contributed by atoms with Gasteiger partial charge in [0.05, 0.1) is 0 Å². The number of esters is 3. The van der Waals surface area contributed by atoms with E-state index in [1.54, 1.807) is 0 Å². The van der Waals surface area contributed by atoms with E-state index in [0.29, 0.717) is 19.3 Å². The highest BCUT2D eigenvalue weighted by Gasteiger charge is 2.19. The Morgan fingerprint density at radius 1 is 0.290 bits per heavy atom. The van der Waals surface area contributed by atoms with Crippen LogP contribution in [-0.4, -0.2) is 37.2 Å². The summed E-state index contributed by atoms with van der Waals surface area (Å²) >= 11 is 0. The van der Waals surface area contributed by atoms with Gasteiger partial charge in [0.1, 0.15) is 13.2 Å². The molecular weight excluding hydrogens is 853 g/mol. The number of hydrogen-bond acceptors (Lipinski definition) is 6. The topological polar surface area (TPSA) is 78.9 Å². The van der Waals surface area contributed by atoms with E-state index < -0.39 is 6.10 Å². The predicted octanol–water partition coefficient (Wildman–Crippen LogP) is 20.2. The maximum Gasteiger partial charge on any atom is 0.306 e. The van der Waals surface area contributed by atoms with Crippen molar-refractivity contribution in [2.24, 2.45) is 0 Å². The lowest BCUT2D eigenvalue weighted by Crippen LogP contribution is -2.30. The Bertz CT molecular complexity index is 1200. The van der Waals surface area contributed by atoms with Crippen molar-refractivity contribution in [1.82, 2.24) is 0 Å². The lowest BCUT2D eigenvalue weighted by atomic mass is 10.1. The third-order valence-electron chi connectivity index (χ3n) is 13.3. The Hall–Kier alpha value is -2.63. The van der Waals surface area contributed by atoms with Gasteiger partial charge in [0.2, 0.25) is 0 Å². The Balaban J connectivity index is 4.37. The van der Waals surface area contributed by atoms with Crippen molar-refractivity contribution in [1.29, 1.82) is 0 Å². The summed E-state index contributed by atoms with van der Waals surface area (Å²) in [6, 6.07) is 0. The quantitative estimate of drug-likeness (QED) is 0.0262. The Morgan fingerprint density at radius 2 is 0.522 bits per heavy atom. The van der Waals surface area contributed by atoms with Crippen molar-refractivity contribution in [2.75, 3.05) is 13.2 Å². The van der Waals surface area contributed by atoms with Gasteiger partial charge in [-0.25, -0.2) is 0 Å². The first-order valence-electron chi connectivity index (χ1n) is 30.1. The van der Waals surface area contributed by atoms with Crippen molar-refractivity contribution < 1.29 is 28.6 Å². The molecule has 6 nitrogen and oxygen atoms in total. The van der Waals surface area contributed by atoms with Gasteiger partial charge in [-0.3, -0.25) is 14.4 Å². The SMILES string of the molecule is CCCCC/C=C\C/C=C\CCCCCCCCCCCC(=O)OCC(COC(=O)CCCCCCC/C=C\CCCCCCCC)OC(=O)CCCCCCCCC/C=C\CCCCCCCC. The molecule has 1 atom stereocenters. The normalized spacial score (nSPS) is 12.3. The monoisotopic (exact) mass is 967 g/mol. The van der Waals surface area contributed by atoms with Crippen LogP contribution in [0.5, 0.6) is 0 Å². The van der Waals surface area contributed by atoms with Gasteiger partial charge in [-0.05, 0) is 103 Å². The summed E-state index contributed by atoms with van der Waals surface area (Å²) in [6.07, 6.45) is 71.0. The van der Waals surface area contributed by atoms with E-state index in [0.717, 1.165) is 70.6 Å². The van der Waals surface area contributed by atoms with Crippen LogP contribution in [0.3, 0.4) is 0 Å². The van der Waals surface area contributed by atoms with Crippen LogP contribution in [0.15, 0.2) is 48.6 Å². The maximum atomic E-state index is 12.9. The summed E-state index contributed by atoms with van der Waals surface area (Å²) < 4.78 is 16.9. The molecule has 0 radical (unpaired) electrons. The van der Waals surface area contributed by atoms with Gasteiger partial charge in [-0.2, -0.15) is 0 Å². The van der Waals surface area contributed by atoms with E-state index >= 15 is 0 Å². The van der Waals surface area contributed by atoms with Gasteiger partial charge in [0, 0.05) is 19.3 Å². The van der Waals surface area contributed by atoms with Crippen LogP contribution in [-0.2, 0) is 28.6 Å². The summed E-state index contributed by atoms with van der Waals surface area (Å²) in [5, 5.41) is 0. The highest BCUT2D eigenvalue weighted by atomic mass is 16.6. The molecule has 1 unspecified atom stereocenters. The van der Waals surface area contributed by atoms with E-state index in [2.05, 4.69) is 69.4 Å². The minimum atomic E-state index is -0.780. The van der Waals surface area contributed by atoms with Gasteiger partial charge in [0.15, 0.2) is 6.10 Å². The summed E-state index contributed by atoms with van der Waals surface area (Å²) in [7, 11) is 0. The van der Waals surface area contributed by atoms with Crippen LogP contribution >= 0.6 is 0 Å². The van der Waals surface area contributed by atoms with E-state index in [-0.39, 0.29) is 31.1 Å². The van der Waals surface area contributed by atoms with Crippen LogP contribution in [0.1, 0.15) is 316 Å². The molecule has 0 rings (SSSR count). The molecule has 0 fully saturated rings. The smallest absolute Gasteiger partial charge is 0.306 e. The van der Waals surface area contributed by atoms with Gasteiger partial charge in [0.25, 0.3) is 0 Å². The molecule has 6 heteroatoms. The molecule has 0 aromatic rings. The third kappa shape index (κ3) is 56.2. The minimum absolute atomic E-state index is 0.0779. The van der Waals surface area contributed by atoms with Gasteiger partial charge < -0.3 is 14.2 Å². The molecule has 0 N–H and O–H groups in total. The molecule has 0 aromatic heterocycles. The van der Waals surface area contributed by atoms with Crippen molar-refractivity contribution in [2.45, 2.75) is 322 Å². The molecule has 0 amide bonds. The Labute approximate surface area is 428 Å². The third-order valence-corrected chi connectivity index (χ3v) is 13.3. The second kappa shape index (κ2) is 57.9. The molecule has 0 saturated heterocycles. The minimum Gasteiger partial charge on any atom is -0.462 e. The molecule has 0 aromatic carbocycles. The number of rotatable bonds is 55. The number of carbonyl (C=O) groups excluding carboxylic acids is 3. The van der Waals surface area contributed by atoms with Gasteiger partial charge in [-0.15, -0.1) is 0 Å². The van der Waals surface area contributed by atoms with Crippen LogP contribution in [0, 0.1) is 0 Å². The first-order chi connectivity index (χ1) is 34.0. The largest absolute Gasteiger partial charge is 0.462 e. The molecule has 0 aliphatic heterocycles. The van der Waals surface area contributed by atoms with E-state index in [1.807, 2.05) is 0 Å². The number of allylic oxidation sites excluding steroid dienone is 8. The summed E-state index contributed by atoms with van der Waals surface area (Å²) in [5.74, 6) is -0.879. The molecule has 0 aliphatic rings. The first-order valence-corrected chi connectivity index (χ1v) is 30.1. The number of hydrogen-bond donors (Lipinski definition) is 0. The van der Waals surface area contributed by atoms with Crippen LogP contribution in [0.25, 0.3) is 0 Å². The molecule has 69 heavy (non-hydrogen) atoms. The summed E-state index contributed by atoms with van der Waals surface area (Å²) in [4.78, 5) is 38.2. The zero-order valence-electron chi connectivity index (χ0n) is 46.1. The Kier molecular flexibility index (Phi) is 55.7. The average molecular weight is 968 g/mol. The van der Waals surface area contributed by atoms with E-state index in [9.17, 15) is 14.4 Å². The van der Waals surface area contributed by atoms with Crippen molar-refractivity contribution >= 4 is 17.9 Å². The van der Waals surface area contributed by atoms with Crippen LogP contribution in [0.4, 0.5) is 0 Å². The zero-order valence-corrected chi connectivity index (χ0v) is 46.1. The molecule has 402 valence electrons. The fraction of sp³-hybridized carbons (Fsp3) is 0.825. The summed E-state index contributed by atoms with van der Waals surface area (Å²) in [6.45, 7) is 6.63. The lowest BCUT2D eigenvalue weighted by Gasteiger charge is -2.18. The highest BCUT2D eigenvalue weighted by molar-refractivity contribution is 5.71. The first kappa shape index (κ1) is 66.4. The fourth-order valence-corrected chi connectivity index (χ4v) is 8.70. The van der Waals surface area contributed by atoms with E-state index in [4.69, 9.17) is 14.2 Å². The fourth-order valence-electron chi connectivity index (χ4n) is 8.70. The van der Waals surface area contributed by atoms with Crippen molar-refractivity contribution in [3.8, 4) is 0 Å². The second-order valence-electron chi connectivity index (χ2n) is 20.2. The number of ether oxygens (including phenoxy) is 3. The number of unbranched alkanes of at least 4 members (excludes halogenated alkanes) is 36. The average Bonchev–Trinajstić information content (AvgIpc) is 3.35. The Morgan fingerprint density at radius 3 is 0.841 bits per heavy atom. The van der Waals surface area contributed by atoms with Crippen molar-refractivity contribution in [3.05, 3.63) is 48.6 Å². The lowest BCUT2D eigenvalue weighted by molar-refractivity contribution is -0.167. The van der Waals surface area contributed by atoms with Crippen LogP contribution in [0.2, 0.25) is 0 Å². The molecule has 0 bridgehead atoms. The van der Waals surface area contributed by atoms with Gasteiger partial charge >= 0.3 is 17.9 Å². The van der Waals surface area contributed by atoms with E-state index in [1.165, 1.54) is 205 Å². The molecular formula is C63H114O6. The molecule has 0 spiro atoms. The second-order valence-corrected chi connectivity index (χ2v) is 20.2. The van der Waals surface area contributed by atoms with Crippen molar-refractivity contribution in [3.63, 3.8) is 0 Å².